The zero-order valence-electron chi connectivity index (χ0n) is 14.0. The molecule has 1 aromatic carbocycles. The summed E-state index contributed by atoms with van der Waals surface area (Å²) >= 11 is 0. The van der Waals surface area contributed by atoms with E-state index in [1.807, 2.05) is 4.90 Å². The summed E-state index contributed by atoms with van der Waals surface area (Å²) in [5, 5.41) is 0. The van der Waals surface area contributed by atoms with Crippen molar-refractivity contribution in [3.63, 3.8) is 0 Å². The molecule has 5 heteroatoms. The molecule has 2 aliphatic rings. The third-order valence-corrected chi connectivity index (χ3v) is 5.14. The predicted octanol–water partition coefficient (Wildman–Crippen LogP) is 2.37. The lowest BCUT2D eigenvalue weighted by Crippen LogP contribution is -2.48. The van der Waals surface area contributed by atoms with Crippen molar-refractivity contribution in [3.8, 4) is 5.75 Å². The van der Waals surface area contributed by atoms with Crippen molar-refractivity contribution in [1.29, 1.82) is 0 Å². The average Bonchev–Trinajstić information content (AvgIpc) is 2.62. The van der Waals surface area contributed by atoms with Crippen molar-refractivity contribution in [2.45, 2.75) is 38.1 Å². The first kappa shape index (κ1) is 16.1. The van der Waals surface area contributed by atoms with Gasteiger partial charge < -0.3 is 20.3 Å². The number of carbonyl (C=O) groups excluding carboxylic acids is 1. The van der Waals surface area contributed by atoms with Crippen LogP contribution in [-0.4, -0.2) is 55.0 Å². The fraction of sp³-hybridized carbons (Fsp3) is 0.611. The van der Waals surface area contributed by atoms with Crippen LogP contribution in [0.25, 0.3) is 0 Å². The van der Waals surface area contributed by atoms with E-state index in [1.165, 1.54) is 32.4 Å². The Balaban J connectivity index is 1.59. The van der Waals surface area contributed by atoms with Crippen molar-refractivity contribution >= 4 is 11.6 Å². The SMILES string of the molecule is COc1cc(C(=O)N2CCC(N3CCCCC3)CC2)ccc1N. The van der Waals surface area contributed by atoms with Crippen LogP contribution in [0.15, 0.2) is 18.2 Å². The Kier molecular flexibility index (Phi) is 5.06. The molecule has 0 aromatic heterocycles. The Labute approximate surface area is 138 Å². The van der Waals surface area contributed by atoms with Crippen molar-refractivity contribution < 1.29 is 9.53 Å². The van der Waals surface area contributed by atoms with Crippen LogP contribution in [0.3, 0.4) is 0 Å². The maximum Gasteiger partial charge on any atom is 0.253 e. The summed E-state index contributed by atoms with van der Waals surface area (Å²) in [6.45, 7) is 4.14. The van der Waals surface area contributed by atoms with E-state index in [2.05, 4.69) is 4.90 Å². The molecule has 2 aliphatic heterocycles. The molecular formula is C18H27N3O2. The van der Waals surface area contributed by atoms with E-state index in [1.54, 1.807) is 25.3 Å². The number of methoxy groups -OCH3 is 1. The largest absolute Gasteiger partial charge is 0.495 e. The molecule has 2 fully saturated rings. The lowest BCUT2D eigenvalue weighted by Gasteiger charge is -2.40. The van der Waals surface area contributed by atoms with Crippen molar-refractivity contribution in [2.75, 3.05) is 39.0 Å². The first-order valence-electron chi connectivity index (χ1n) is 8.66. The Morgan fingerprint density at radius 2 is 1.83 bits per heavy atom. The maximum absolute atomic E-state index is 12.7. The maximum atomic E-state index is 12.7. The van der Waals surface area contributed by atoms with Crippen LogP contribution in [0.4, 0.5) is 5.69 Å². The van der Waals surface area contributed by atoms with Crippen LogP contribution >= 0.6 is 0 Å². The topological polar surface area (TPSA) is 58.8 Å². The molecule has 0 spiro atoms. The van der Waals surface area contributed by atoms with E-state index in [0.717, 1.165) is 25.9 Å². The van der Waals surface area contributed by atoms with E-state index in [-0.39, 0.29) is 5.91 Å². The summed E-state index contributed by atoms with van der Waals surface area (Å²) < 4.78 is 5.22. The summed E-state index contributed by atoms with van der Waals surface area (Å²) in [5.74, 6) is 0.652. The molecule has 0 atom stereocenters. The molecular weight excluding hydrogens is 290 g/mol. The third kappa shape index (κ3) is 3.61. The van der Waals surface area contributed by atoms with Gasteiger partial charge in [0.25, 0.3) is 5.91 Å². The van der Waals surface area contributed by atoms with Crippen molar-refractivity contribution in [2.24, 2.45) is 0 Å². The summed E-state index contributed by atoms with van der Waals surface area (Å²) in [7, 11) is 1.57. The van der Waals surface area contributed by atoms with E-state index < -0.39 is 0 Å². The van der Waals surface area contributed by atoms with E-state index in [0.29, 0.717) is 23.0 Å². The molecule has 0 unspecified atom stereocenters. The number of likely N-dealkylation sites (tertiary alicyclic amines) is 2. The number of benzene rings is 1. The number of hydrogen-bond donors (Lipinski definition) is 1. The molecule has 0 saturated carbocycles. The molecule has 1 amide bonds. The number of ether oxygens (including phenoxy) is 1. The van der Waals surface area contributed by atoms with Crippen molar-refractivity contribution in [3.05, 3.63) is 23.8 Å². The summed E-state index contributed by atoms with van der Waals surface area (Å²) in [4.78, 5) is 17.3. The zero-order valence-corrected chi connectivity index (χ0v) is 14.0. The van der Waals surface area contributed by atoms with Crippen LogP contribution < -0.4 is 10.5 Å². The lowest BCUT2D eigenvalue weighted by atomic mass is 9.99. The van der Waals surface area contributed by atoms with Gasteiger partial charge >= 0.3 is 0 Å². The van der Waals surface area contributed by atoms with Gasteiger partial charge in [0.15, 0.2) is 0 Å². The van der Waals surface area contributed by atoms with Gasteiger partial charge in [-0.25, -0.2) is 0 Å². The Morgan fingerprint density at radius 3 is 2.48 bits per heavy atom. The highest BCUT2D eigenvalue weighted by atomic mass is 16.5. The minimum atomic E-state index is 0.0837. The van der Waals surface area contributed by atoms with Gasteiger partial charge in [0.2, 0.25) is 0 Å². The molecule has 1 aromatic rings. The Morgan fingerprint density at radius 1 is 1.13 bits per heavy atom. The molecule has 0 radical (unpaired) electrons. The first-order chi connectivity index (χ1) is 11.2. The highest BCUT2D eigenvalue weighted by molar-refractivity contribution is 5.95. The summed E-state index contributed by atoms with van der Waals surface area (Å²) in [5.41, 5.74) is 7.05. The van der Waals surface area contributed by atoms with Gasteiger partial charge in [-0.15, -0.1) is 0 Å². The molecule has 5 nitrogen and oxygen atoms in total. The highest BCUT2D eigenvalue weighted by Crippen LogP contribution is 2.25. The number of anilines is 1. The molecule has 23 heavy (non-hydrogen) atoms. The number of nitrogens with two attached hydrogens (primary N) is 1. The van der Waals surface area contributed by atoms with Gasteiger partial charge in [-0.3, -0.25) is 4.79 Å². The van der Waals surface area contributed by atoms with E-state index in [4.69, 9.17) is 10.5 Å². The molecule has 0 aliphatic carbocycles. The second kappa shape index (κ2) is 7.21. The number of hydrogen-bond acceptors (Lipinski definition) is 4. The lowest BCUT2D eigenvalue weighted by molar-refractivity contribution is 0.0589. The summed E-state index contributed by atoms with van der Waals surface area (Å²) in [6.07, 6.45) is 6.18. The molecule has 2 N–H and O–H groups in total. The standard InChI is InChI=1S/C18H27N3O2/c1-23-17-13-14(5-6-16(17)19)18(22)21-11-7-15(8-12-21)20-9-3-2-4-10-20/h5-6,13,15H,2-4,7-12,19H2,1H3. The molecule has 2 saturated heterocycles. The highest BCUT2D eigenvalue weighted by Gasteiger charge is 2.28. The van der Waals surface area contributed by atoms with Crippen LogP contribution in [0.2, 0.25) is 0 Å². The van der Waals surface area contributed by atoms with Crippen molar-refractivity contribution in [1.82, 2.24) is 9.80 Å². The average molecular weight is 317 g/mol. The smallest absolute Gasteiger partial charge is 0.253 e. The van der Waals surface area contributed by atoms with Crippen LogP contribution in [-0.2, 0) is 0 Å². The normalized spacial score (nSPS) is 20.5. The zero-order chi connectivity index (χ0) is 16.2. The predicted molar refractivity (Wildman–Crippen MR) is 91.8 cm³/mol. The molecule has 126 valence electrons. The van der Waals surface area contributed by atoms with Gasteiger partial charge in [0, 0.05) is 24.7 Å². The van der Waals surface area contributed by atoms with Gasteiger partial charge in [0.1, 0.15) is 5.75 Å². The Bertz CT molecular complexity index is 547. The first-order valence-corrected chi connectivity index (χ1v) is 8.66. The summed E-state index contributed by atoms with van der Waals surface area (Å²) in [6, 6.07) is 5.93. The second-order valence-electron chi connectivity index (χ2n) is 6.58. The van der Waals surface area contributed by atoms with Crippen LogP contribution in [0, 0.1) is 0 Å². The fourth-order valence-corrected chi connectivity index (χ4v) is 3.74. The van der Waals surface area contributed by atoms with Gasteiger partial charge in [-0.2, -0.15) is 0 Å². The minimum Gasteiger partial charge on any atom is -0.495 e. The van der Waals surface area contributed by atoms with Crippen LogP contribution in [0.1, 0.15) is 42.5 Å². The quantitative estimate of drug-likeness (QED) is 0.870. The molecule has 0 bridgehead atoms. The monoisotopic (exact) mass is 317 g/mol. The number of nitrogens with zero attached hydrogens (tertiary/aromatic N) is 2. The number of nitrogen functional groups attached to an aromatic ring is 1. The number of rotatable bonds is 3. The Hall–Kier alpha value is -1.75. The number of piperidine rings is 2. The second-order valence-corrected chi connectivity index (χ2v) is 6.58. The minimum absolute atomic E-state index is 0.0837. The van der Waals surface area contributed by atoms with Gasteiger partial charge in [0.05, 0.1) is 12.8 Å². The molecule has 2 heterocycles. The number of amides is 1. The number of carbonyl (C=O) groups is 1. The van der Waals surface area contributed by atoms with Gasteiger partial charge in [-0.05, 0) is 57.0 Å². The van der Waals surface area contributed by atoms with E-state index in [9.17, 15) is 4.79 Å². The van der Waals surface area contributed by atoms with E-state index >= 15 is 0 Å². The third-order valence-electron chi connectivity index (χ3n) is 5.14. The van der Waals surface area contributed by atoms with Gasteiger partial charge in [-0.1, -0.05) is 6.42 Å². The molecule has 3 rings (SSSR count). The van der Waals surface area contributed by atoms with Crippen LogP contribution in [0.5, 0.6) is 5.75 Å². The fourth-order valence-electron chi connectivity index (χ4n) is 3.74.